The van der Waals surface area contributed by atoms with Gasteiger partial charge in [0.1, 0.15) is 22.5 Å². The highest BCUT2D eigenvalue weighted by Crippen LogP contribution is 2.38. The van der Waals surface area contributed by atoms with E-state index in [0.29, 0.717) is 0 Å². The van der Waals surface area contributed by atoms with Crippen LogP contribution in [0.4, 0.5) is 0 Å². The number of hydrogen-bond acceptors (Lipinski definition) is 8. The van der Waals surface area contributed by atoms with Gasteiger partial charge in [0, 0.05) is 12.1 Å². The van der Waals surface area contributed by atoms with Gasteiger partial charge < -0.3 is 29.2 Å². The van der Waals surface area contributed by atoms with Gasteiger partial charge in [-0.2, -0.15) is 0 Å². The SMILES string of the molecule is COC(=O)c1cc(O)c(O)c2oc3cc(OC)cc(O)c3c(=O)c12. The molecule has 1 heterocycles. The second kappa shape index (κ2) is 5.34. The molecule has 0 atom stereocenters. The average Bonchev–Trinajstić information content (AvgIpc) is 2.56. The fourth-order valence-corrected chi connectivity index (χ4v) is 2.47. The summed E-state index contributed by atoms with van der Waals surface area (Å²) in [6.07, 6.45) is 0. The molecule has 2 aromatic carbocycles. The van der Waals surface area contributed by atoms with Gasteiger partial charge in [0.15, 0.2) is 11.3 Å². The number of aromatic hydroxyl groups is 3. The van der Waals surface area contributed by atoms with E-state index in [4.69, 9.17) is 9.15 Å². The Balaban J connectivity index is 2.60. The molecule has 124 valence electrons. The number of benzene rings is 2. The van der Waals surface area contributed by atoms with E-state index in [0.717, 1.165) is 13.2 Å². The van der Waals surface area contributed by atoms with Crippen LogP contribution in [0.15, 0.2) is 27.4 Å². The summed E-state index contributed by atoms with van der Waals surface area (Å²) >= 11 is 0. The fraction of sp³-hybridized carbons (Fsp3) is 0.125. The van der Waals surface area contributed by atoms with Gasteiger partial charge in [0.25, 0.3) is 0 Å². The Morgan fingerprint density at radius 2 is 1.75 bits per heavy atom. The van der Waals surface area contributed by atoms with Crippen LogP contribution in [-0.2, 0) is 4.74 Å². The normalized spacial score (nSPS) is 10.9. The zero-order chi connectivity index (χ0) is 17.6. The molecule has 0 bridgehead atoms. The summed E-state index contributed by atoms with van der Waals surface area (Å²) in [5, 5.41) is 29.3. The molecule has 0 unspecified atom stereocenters. The largest absolute Gasteiger partial charge is 0.507 e. The molecule has 8 nitrogen and oxygen atoms in total. The summed E-state index contributed by atoms with van der Waals surface area (Å²) in [6, 6.07) is 3.44. The van der Waals surface area contributed by atoms with Gasteiger partial charge in [-0.25, -0.2) is 4.79 Å². The molecule has 0 saturated heterocycles. The lowest BCUT2D eigenvalue weighted by Crippen LogP contribution is -2.10. The van der Waals surface area contributed by atoms with Crippen LogP contribution < -0.4 is 10.2 Å². The van der Waals surface area contributed by atoms with E-state index in [1.165, 1.54) is 19.2 Å². The maximum absolute atomic E-state index is 12.8. The molecule has 24 heavy (non-hydrogen) atoms. The minimum absolute atomic E-state index is 0.0823. The van der Waals surface area contributed by atoms with Crippen molar-refractivity contribution in [2.24, 2.45) is 0 Å². The predicted molar refractivity (Wildman–Crippen MR) is 82.9 cm³/mol. The van der Waals surface area contributed by atoms with Crippen molar-refractivity contribution in [3.63, 3.8) is 0 Å². The lowest BCUT2D eigenvalue weighted by molar-refractivity contribution is 0.0602. The molecule has 0 aliphatic rings. The summed E-state index contributed by atoms with van der Waals surface area (Å²) in [6.45, 7) is 0. The van der Waals surface area contributed by atoms with Crippen LogP contribution in [0.3, 0.4) is 0 Å². The number of phenolic OH excluding ortho intramolecular Hbond substituents is 3. The van der Waals surface area contributed by atoms with E-state index < -0.39 is 34.2 Å². The van der Waals surface area contributed by atoms with Gasteiger partial charge >= 0.3 is 5.97 Å². The van der Waals surface area contributed by atoms with Gasteiger partial charge in [0.2, 0.25) is 11.2 Å². The number of hydrogen-bond donors (Lipinski definition) is 3. The van der Waals surface area contributed by atoms with Crippen LogP contribution in [0.1, 0.15) is 10.4 Å². The van der Waals surface area contributed by atoms with E-state index in [1.54, 1.807) is 0 Å². The molecule has 1 aromatic heterocycles. The van der Waals surface area contributed by atoms with Crippen molar-refractivity contribution >= 4 is 27.9 Å². The van der Waals surface area contributed by atoms with Crippen LogP contribution in [0, 0.1) is 0 Å². The number of methoxy groups -OCH3 is 2. The second-order valence-electron chi connectivity index (χ2n) is 4.94. The molecule has 0 amide bonds. The number of carbonyl (C=O) groups excluding carboxylic acids is 1. The van der Waals surface area contributed by atoms with Gasteiger partial charge in [-0.05, 0) is 6.07 Å². The highest BCUT2D eigenvalue weighted by molar-refractivity contribution is 6.08. The minimum atomic E-state index is -0.907. The van der Waals surface area contributed by atoms with E-state index in [9.17, 15) is 24.9 Å². The van der Waals surface area contributed by atoms with Gasteiger partial charge in [-0.3, -0.25) is 4.79 Å². The Bertz CT molecular complexity index is 1050. The predicted octanol–water partition coefficient (Wildman–Crippen LogP) is 1.86. The summed E-state index contributed by atoms with van der Waals surface area (Å²) in [7, 11) is 2.46. The fourth-order valence-electron chi connectivity index (χ4n) is 2.47. The third kappa shape index (κ3) is 2.08. The van der Waals surface area contributed by atoms with Crippen molar-refractivity contribution < 1.29 is 34.0 Å². The van der Waals surface area contributed by atoms with Crippen LogP contribution in [-0.4, -0.2) is 35.5 Å². The number of phenols is 3. The Labute approximate surface area is 134 Å². The van der Waals surface area contributed by atoms with E-state index in [1.807, 2.05) is 0 Å². The standard InChI is InChI=1S/C16H12O8/c1-22-6-3-8(17)12-10(4-6)24-15-11(14(12)20)7(16(21)23-2)5-9(18)13(15)19/h3-5,17-19H,1-2H3. The number of fused-ring (bicyclic) bond motifs is 2. The smallest absolute Gasteiger partial charge is 0.338 e. The first kappa shape index (κ1) is 15.5. The Kier molecular flexibility index (Phi) is 3.44. The molecule has 3 N–H and O–H groups in total. The highest BCUT2D eigenvalue weighted by atomic mass is 16.5. The molecular formula is C16H12O8. The molecule has 0 fully saturated rings. The van der Waals surface area contributed by atoms with E-state index >= 15 is 0 Å². The molecule has 3 rings (SSSR count). The zero-order valence-electron chi connectivity index (χ0n) is 12.6. The third-order valence-corrected chi connectivity index (χ3v) is 3.60. The lowest BCUT2D eigenvalue weighted by atomic mass is 10.0. The molecule has 8 heteroatoms. The highest BCUT2D eigenvalue weighted by Gasteiger charge is 2.24. The van der Waals surface area contributed by atoms with Crippen molar-refractivity contribution in [2.45, 2.75) is 0 Å². The maximum atomic E-state index is 12.8. The van der Waals surface area contributed by atoms with Crippen molar-refractivity contribution in [3.8, 4) is 23.0 Å². The first-order chi connectivity index (χ1) is 11.4. The number of rotatable bonds is 2. The Hall–Kier alpha value is -3.42. The molecular weight excluding hydrogens is 320 g/mol. The first-order valence-electron chi connectivity index (χ1n) is 6.69. The van der Waals surface area contributed by atoms with Crippen LogP contribution in [0.5, 0.6) is 23.0 Å². The quantitative estimate of drug-likeness (QED) is 0.369. The molecule has 0 aliphatic carbocycles. The molecule has 0 saturated carbocycles. The average molecular weight is 332 g/mol. The van der Waals surface area contributed by atoms with Crippen LogP contribution in [0.2, 0.25) is 0 Å². The summed E-state index contributed by atoms with van der Waals surface area (Å²) in [5.74, 6) is -2.47. The monoisotopic (exact) mass is 332 g/mol. The first-order valence-corrected chi connectivity index (χ1v) is 6.69. The third-order valence-electron chi connectivity index (χ3n) is 3.60. The molecule has 3 aromatic rings. The molecule has 0 aliphatic heterocycles. The zero-order valence-corrected chi connectivity index (χ0v) is 12.6. The number of carbonyl (C=O) groups is 1. The van der Waals surface area contributed by atoms with Gasteiger partial charge in [-0.15, -0.1) is 0 Å². The van der Waals surface area contributed by atoms with Gasteiger partial charge in [-0.1, -0.05) is 0 Å². The topological polar surface area (TPSA) is 126 Å². The van der Waals surface area contributed by atoms with E-state index in [2.05, 4.69) is 4.74 Å². The van der Waals surface area contributed by atoms with E-state index in [-0.39, 0.29) is 27.7 Å². The lowest BCUT2D eigenvalue weighted by Gasteiger charge is -2.10. The van der Waals surface area contributed by atoms with Crippen LogP contribution >= 0.6 is 0 Å². The number of ether oxygens (including phenoxy) is 2. The maximum Gasteiger partial charge on any atom is 0.338 e. The van der Waals surface area contributed by atoms with Crippen molar-refractivity contribution in [1.29, 1.82) is 0 Å². The van der Waals surface area contributed by atoms with Crippen molar-refractivity contribution in [3.05, 3.63) is 34.0 Å². The van der Waals surface area contributed by atoms with Crippen molar-refractivity contribution in [1.82, 2.24) is 0 Å². The number of esters is 1. The van der Waals surface area contributed by atoms with Gasteiger partial charge in [0.05, 0.1) is 25.2 Å². The molecule has 0 spiro atoms. The Morgan fingerprint density at radius 1 is 1.04 bits per heavy atom. The summed E-state index contributed by atoms with van der Waals surface area (Å²) in [4.78, 5) is 24.6. The van der Waals surface area contributed by atoms with Crippen LogP contribution in [0.25, 0.3) is 21.9 Å². The second-order valence-corrected chi connectivity index (χ2v) is 4.94. The minimum Gasteiger partial charge on any atom is -0.507 e. The summed E-state index contributed by atoms with van der Waals surface area (Å²) < 4.78 is 15.0. The van der Waals surface area contributed by atoms with Crippen molar-refractivity contribution in [2.75, 3.05) is 14.2 Å². The Morgan fingerprint density at radius 3 is 2.38 bits per heavy atom. The molecule has 0 radical (unpaired) electrons. The summed E-state index contributed by atoms with van der Waals surface area (Å²) in [5.41, 5.74) is -1.54.